The van der Waals surface area contributed by atoms with Gasteiger partial charge in [0.25, 0.3) is 5.09 Å². The lowest BCUT2D eigenvalue weighted by Gasteiger charge is -2.16. The molecule has 3 aromatic rings. The van der Waals surface area contributed by atoms with Crippen LogP contribution < -0.4 is 11.6 Å². The molecule has 0 fully saturated rings. The van der Waals surface area contributed by atoms with Gasteiger partial charge >= 0.3 is 18.2 Å². The van der Waals surface area contributed by atoms with Gasteiger partial charge in [0, 0.05) is 31.9 Å². The minimum atomic E-state index is -1.24. The summed E-state index contributed by atoms with van der Waals surface area (Å²) >= 11 is 6.43. The lowest BCUT2D eigenvalue weighted by molar-refractivity contribution is -0.757. The molecule has 0 bridgehead atoms. The summed E-state index contributed by atoms with van der Waals surface area (Å²) < 4.78 is 21.6. The number of amidine groups is 1. The minimum Gasteiger partial charge on any atom is -0.447 e. The average Bonchev–Trinajstić information content (AvgIpc) is 3.37. The molecule has 0 radical (unpaired) electrons. The van der Waals surface area contributed by atoms with Crippen molar-refractivity contribution >= 4 is 35.7 Å². The number of benzene rings is 2. The number of unbranched alkanes of at least 4 members (excludes halogenated alkanes) is 1. The number of nitrogens with zero attached hydrogens (tertiary/aromatic N) is 5. The van der Waals surface area contributed by atoms with Gasteiger partial charge in [-0.3, -0.25) is 0 Å². The molecule has 49 heavy (non-hydrogen) atoms. The molecule has 17 nitrogen and oxygen atoms in total. The van der Waals surface area contributed by atoms with Crippen molar-refractivity contribution in [1.29, 1.82) is 0 Å². The summed E-state index contributed by atoms with van der Waals surface area (Å²) in [5, 5.41) is 13.6. The van der Waals surface area contributed by atoms with E-state index in [9.17, 15) is 24.5 Å². The molecule has 4 N–H and O–H groups in total. The van der Waals surface area contributed by atoms with Gasteiger partial charge < -0.3 is 34.1 Å². The van der Waals surface area contributed by atoms with Crippen LogP contribution in [0.5, 0.6) is 0 Å². The van der Waals surface area contributed by atoms with Crippen LogP contribution in [0.3, 0.4) is 0 Å². The lowest BCUT2D eigenvalue weighted by atomic mass is 9.98. The number of aromatic nitrogens is 2. The molecule has 0 saturated carbocycles. The number of carbonyl (C=O) groups is 3. The third kappa shape index (κ3) is 11.4. The van der Waals surface area contributed by atoms with E-state index in [1.165, 1.54) is 6.92 Å². The molecule has 0 spiro atoms. The van der Waals surface area contributed by atoms with Crippen molar-refractivity contribution in [3.8, 4) is 11.1 Å². The maximum absolute atomic E-state index is 13.2. The van der Waals surface area contributed by atoms with E-state index in [4.69, 9.17) is 42.1 Å². The monoisotopic (exact) mass is 703 g/mol. The van der Waals surface area contributed by atoms with Crippen LogP contribution in [0.1, 0.15) is 67.5 Å². The summed E-state index contributed by atoms with van der Waals surface area (Å²) in [4.78, 5) is 55.8. The Labute approximate surface area is 286 Å². The standard InChI is InChI=1S/C31H38ClN7O10/c1-4-6-12-25-35-27(32)26(29(40)48-20(3)49-31(42)45-5-2)37(25)19-21-13-15-22(16-14-21)23-10-7-8-11-24(23)28(33)36-38(34)30(41)46-17-9-18-47-39(43)44/h7-8,10-11,13-16,20H,4-6,9,12,17-19,34H2,1-3H3,(H2,33,36). The van der Waals surface area contributed by atoms with E-state index < -0.39 is 29.6 Å². The van der Waals surface area contributed by atoms with Gasteiger partial charge in [-0.2, -0.15) is 0 Å². The van der Waals surface area contributed by atoms with E-state index in [1.54, 1.807) is 29.7 Å². The summed E-state index contributed by atoms with van der Waals surface area (Å²) in [6.07, 6.45) is -0.903. The Morgan fingerprint density at radius 3 is 2.45 bits per heavy atom. The summed E-state index contributed by atoms with van der Waals surface area (Å²) in [7, 11) is 0. The number of imidazole rings is 1. The Balaban J connectivity index is 1.79. The normalized spacial score (nSPS) is 11.7. The van der Waals surface area contributed by atoms with Crippen LogP contribution in [0.25, 0.3) is 11.1 Å². The molecule has 264 valence electrons. The van der Waals surface area contributed by atoms with Gasteiger partial charge in [-0.15, -0.1) is 20.3 Å². The highest BCUT2D eigenvalue weighted by atomic mass is 35.5. The maximum atomic E-state index is 13.2. The Morgan fingerprint density at radius 1 is 1.06 bits per heavy atom. The highest BCUT2D eigenvalue weighted by Crippen LogP contribution is 2.26. The summed E-state index contributed by atoms with van der Waals surface area (Å²) in [5.74, 6) is 5.41. The molecule has 1 aromatic heterocycles. The van der Waals surface area contributed by atoms with Crippen LogP contribution in [-0.4, -0.2) is 69.9 Å². The van der Waals surface area contributed by atoms with Crippen molar-refractivity contribution in [3.63, 3.8) is 0 Å². The van der Waals surface area contributed by atoms with Gasteiger partial charge in [-0.1, -0.05) is 73.5 Å². The maximum Gasteiger partial charge on any atom is 0.511 e. The van der Waals surface area contributed by atoms with Crippen molar-refractivity contribution in [2.45, 2.75) is 59.3 Å². The molecule has 1 heterocycles. The van der Waals surface area contributed by atoms with Gasteiger partial charge in [0.1, 0.15) is 5.82 Å². The Morgan fingerprint density at radius 2 is 1.78 bits per heavy atom. The van der Waals surface area contributed by atoms with Crippen LogP contribution >= 0.6 is 11.6 Å². The summed E-state index contributed by atoms with van der Waals surface area (Å²) in [5.41, 5.74) is 8.96. The van der Waals surface area contributed by atoms with E-state index >= 15 is 0 Å². The number of halogens is 1. The number of rotatable bonds is 17. The Bertz CT molecular complexity index is 1630. The molecular weight excluding hydrogens is 666 g/mol. The first-order valence-corrected chi connectivity index (χ1v) is 15.6. The van der Waals surface area contributed by atoms with Crippen LogP contribution in [0, 0.1) is 10.1 Å². The Kier molecular flexibility index (Phi) is 14.6. The summed E-state index contributed by atoms with van der Waals surface area (Å²) in [6, 6.07) is 14.5. The topological polar surface area (TPSA) is 226 Å². The molecule has 0 aliphatic rings. The number of hydrogen-bond donors (Lipinski definition) is 2. The number of hydrazine groups is 1. The average molecular weight is 704 g/mol. The molecule has 0 saturated heterocycles. The molecule has 0 aliphatic heterocycles. The van der Waals surface area contributed by atoms with Crippen molar-refractivity contribution in [2.24, 2.45) is 16.7 Å². The van der Waals surface area contributed by atoms with Gasteiger partial charge in [-0.25, -0.2) is 25.2 Å². The smallest absolute Gasteiger partial charge is 0.447 e. The van der Waals surface area contributed by atoms with Crippen LogP contribution in [-0.2, 0) is 36.8 Å². The third-order valence-electron chi connectivity index (χ3n) is 6.67. The third-order valence-corrected chi connectivity index (χ3v) is 6.93. The van der Waals surface area contributed by atoms with Crippen molar-refractivity contribution in [3.05, 3.63) is 86.4 Å². The quantitative estimate of drug-likeness (QED) is 0.0184. The Hall–Kier alpha value is -5.42. The zero-order valence-electron chi connectivity index (χ0n) is 27.2. The van der Waals surface area contributed by atoms with E-state index in [-0.39, 0.29) is 49.5 Å². The second-order valence-corrected chi connectivity index (χ2v) is 10.6. The van der Waals surface area contributed by atoms with Crippen molar-refractivity contribution in [1.82, 2.24) is 14.7 Å². The SMILES string of the molecule is CCCCc1nc(Cl)c(C(=O)OC(C)OC(=O)OCC)n1Cc1ccc(-c2ccccc2/C(N)=N/N(N)C(=O)OCCCO[N+](=O)[O-])cc1. The van der Waals surface area contributed by atoms with Gasteiger partial charge in [-0.05, 0) is 30.0 Å². The first-order chi connectivity index (χ1) is 23.4. The molecule has 1 unspecified atom stereocenters. The van der Waals surface area contributed by atoms with Gasteiger partial charge in [0.15, 0.2) is 16.7 Å². The van der Waals surface area contributed by atoms with E-state index in [1.807, 2.05) is 37.3 Å². The molecule has 1 atom stereocenters. The van der Waals surface area contributed by atoms with E-state index in [2.05, 4.69) is 14.9 Å². The summed E-state index contributed by atoms with van der Waals surface area (Å²) in [6.45, 7) is 4.92. The minimum absolute atomic E-state index is 0.0141. The van der Waals surface area contributed by atoms with Gasteiger partial charge in [0.2, 0.25) is 6.29 Å². The lowest BCUT2D eigenvalue weighted by Crippen LogP contribution is -2.36. The number of carbonyl (C=O) groups excluding carboxylic acids is 3. The second-order valence-electron chi connectivity index (χ2n) is 10.2. The number of hydrazone groups is 1. The first kappa shape index (κ1) is 38.0. The van der Waals surface area contributed by atoms with Crippen molar-refractivity contribution < 1.29 is 43.3 Å². The van der Waals surface area contributed by atoms with Crippen LogP contribution in [0.15, 0.2) is 53.6 Å². The fourth-order valence-electron chi connectivity index (χ4n) is 4.44. The molecule has 0 aliphatic carbocycles. The van der Waals surface area contributed by atoms with Crippen LogP contribution in [0.4, 0.5) is 9.59 Å². The number of hydrogen-bond acceptors (Lipinski definition) is 13. The van der Waals surface area contributed by atoms with Gasteiger partial charge in [0.05, 0.1) is 19.8 Å². The number of amides is 1. The predicted molar refractivity (Wildman–Crippen MR) is 175 cm³/mol. The van der Waals surface area contributed by atoms with E-state index in [0.29, 0.717) is 28.5 Å². The second kappa shape index (κ2) is 18.8. The molecule has 2 aromatic carbocycles. The highest BCUT2D eigenvalue weighted by molar-refractivity contribution is 6.32. The largest absolute Gasteiger partial charge is 0.511 e. The molecule has 3 rings (SSSR count). The van der Waals surface area contributed by atoms with Crippen molar-refractivity contribution in [2.75, 3.05) is 19.8 Å². The molecule has 18 heteroatoms. The fraction of sp³-hybridized carbons (Fsp3) is 0.387. The first-order valence-electron chi connectivity index (χ1n) is 15.3. The number of ether oxygens (including phenoxy) is 4. The predicted octanol–water partition coefficient (Wildman–Crippen LogP) is 4.80. The molecule has 1 amide bonds. The fourth-order valence-corrected chi connectivity index (χ4v) is 4.72. The van der Waals surface area contributed by atoms with E-state index in [0.717, 1.165) is 24.0 Å². The number of nitrogens with two attached hydrogens (primary N) is 2. The molecular formula is C31H38ClN7O10. The number of esters is 1. The number of aryl methyl sites for hydroxylation is 1. The van der Waals surface area contributed by atoms with Crippen LogP contribution in [0.2, 0.25) is 5.15 Å². The zero-order chi connectivity index (χ0) is 35.9. The zero-order valence-corrected chi connectivity index (χ0v) is 28.0. The highest BCUT2D eigenvalue weighted by Gasteiger charge is 2.26.